The molecule has 0 radical (unpaired) electrons. The SMILES string of the molecule is C[C@@]12CCC(=O)N1[C@@H](C(=O)Nc1nc3ccc(F)cn3n1)CS2. The first kappa shape index (κ1) is 14.4. The van der Waals surface area contributed by atoms with Crippen LogP contribution in [0.5, 0.6) is 0 Å². The molecule has 2 aliphatic heterocycles. The molecule has 0 bridgehead atoms. The Morgan fingerprint density at radius 3 is 3.17 bits per heavy atom. The molecular weight excluding hydrogens is 321 g/mol. The number of anilines is 1. The van der Waals surface area contributed by atoms with Crippen LogP contribution in [0.3, 0.4) is 0 Å². The van der Waals surface area contributed by atoms with Gasteiger partial charge in [-0.15, -0.1) is 16.9 Å². The summed E-state index contributed by atoms with van der Waals surface area (Å²) in [6, 6.07) is 2.23. The van der Waals surface area contributed by atoms with Gasteiger partial charge in [0.2, 0.25) is 17.8 Å². The lowest BCUT2D eigenvalue weighted by molar-refractivity contribution is -0.135. The summed E-state index contributed by atoms with van der Waals surface area (Å²) < 4.78 is 14.4. The minimum absolute atomic E-state index is 0.00248. The molecule has 2 aromatic rings. The van der Waals surface area contributed by atoms with Gasteiger partial charge in [-0.1, -0.05) is 0 Å². The summed E-state index contributed by atoms with van der Waals surface area (Å²) in [6.45, 7) is 1.99. The third kappa shape index (κ3) is 2.26. The maximum atomic E-state index is 13.2. The fourth-order valence-corrected chi connectivity index (χ4v) is 4.55. The number of halogens is 1. The van der Waals surface area contributed by atoms with E-state index in [0.717, 1.165) is 6.42 Å². The van der Waals surface area contributed by atoms with Crippen molar-refractivity contribution in [3.05, 3.63) is 24.1 Å². The van der Waals surface area contributed by atoms with Crippen LogP contribution in [0.15, 0.2) is 18.3 Å². The van der Waals surface area contributed by atoms with E-state index in [2.05, 4.69) is 15.4 Å². The highest BCUT2D eigenvalue weighted by Gasteiger charge is 2.52. The summed E-state index contributed by atoms with van der Waals surface area (Å²) >= 11 is 1.62. The van der Waals surface area contributed by atoms with Gasteiger partial charge in [-0.25, -0.2) is 8.91 Å². The van der Waals surface area contributed by atoms with Crippen LogP contribution in [-0.2, 0) is 9.59 Å². The number of carbonyl (C=O) groups excluding carboxylic acids is 2. The average Bonchev–Trinajstić information content (AvgIpc) is 3.12. The summed E-state index contributed by atoms with van der Waals surface area (Å²) in [4.78, 5) is 30.1. The van der Waals surface area contributed by atoms with Crippen LogP contribution in [0, 0.1) is 5.82 Å². The molecule has 120 valence electrons. The minimum Gasteiger partial charge on any atom is -0.315 e. The topological polar surface area (TPSA) is 79.6 Å². The first-order valence-electron chi connectivity index (χ1n) is 7.25. The molecule has 0 saturated carbocycles. The molecule has 0 aliphatic carbocycles. The molecule has 9 heteroatoms. The van der Waals surface area contributed by atoms with E-state index in [1.54, 1.807) is 16.7 Å². The summed E-state index contributed by atoms with van der Waals surface area (Å²) in [6.07, 6.45) is 2.41. The molecule has 2 atom stereocenters. The monoisotopic (exact) mass is 335 g/mol. The van der Waals surface area contributed by atoms with Crippen LogP contribution in [0.25, 0.3) is 5.65 Å². The maximum absolute atomic E-state index is 13.2. The molecule has 7 nitrogen and oxygen atoms in total. The van der Waals surface area contributed by atoms with Crippen molar-refractivity contribution >= 4 is 35.2 Å². The average molecular weight is 335 g/mol. The van der Waals surface area contributed by atoms with Gasteiger partial charge in [0.1, 0.15) is 11.9 Å². The van der Waals surface area contributed by atoms with E-state index in [4.69, 9.17) is 0 Å². The van der Waals surface area contributed by atoms with Crippen LogP contribution >= 0.6 is 11.8 Å². The first-order chi connectivity index (χ1) is 11.0. The molecular formula is C14H14FN5O2S. The Hall–Kier alpha value is -2.16. The summed E-state index contributed by atoms with van der Waals surface area (Å²) in [7, 11) is 0. The van der Waals surface area contributed by atoms with E-state index in [1.807, 2.05) is 6.92 Å². The third-order valence-electron chi connectivity index (χ3n) is 4.28. The highest BCUT2D eigenvalue weighted by atomic mass is 32.2. The lowest BCUT2D eigenvalue weighted by atomic mass is 10.2. The van der Waals surface area contributed by atoms with Gasteiger partial charge in [-0.05, 0) is 25.5 Å². The molecule has 2 amide bonds. The van der Waals surface area contributed by atoms with Gasteiger partial charge in [-0.2, -0.15) is 4.98 Å². The fraction of sp³-hybridized carbons (Fsp3) is 0.429. The maximum Gasteiger partial charge on any atom is 0.250 e. The van der Waals surface area contributed by atoms with Gasteiger partial charge in [0.05, 0.1) is 11.1 Å². The second-order valence-electron chi connectivity index (χ2n) is 5.84. The minimum atomic E-state index is -0.525. The Labute approximate surface area is 135 Å². The quantitative estimate of drug-likeness (QED) is 0.894. The van der Waals surface area contributed by atoms with E-state index < -0.39 is 11.9 Å². The van der Waals surface area contributed by atoms with Crippen molar-refractivity contribution in [3.8, 4) is 0 Å². The number of carbonyl (C=O) groups is 2. The van der Waals surface area contributed by atoms with E-state index >= 15 is 0 Å². The van der Waals surface area contributed by atoms with Crippen LogP contribution in [0.2, 0.25) is 0 Å². The Bertz CT molecular complexity index is 825. The molecule has 0 unspecified atom stereocenters. The van der Waals surface area contributed by atoms with E-state index in [-0.39, 0.29) is 22.6 Å². The zero-order chi connectivity index (χ0) is 16.2. The number of rotatable bonds is 2. The van der Waals surface area contributed by atoms with E-state index in [1.165, 1.54) is 22.8 Å². The van der Waals surface area contributed by atoms with Crippen molar-refractivity contribution in [2.45, 2.75) is 30.7 Å². The number of fused-ring (bicyclic) bond motifs is 2. The predicted molar refractivity (Wildman–Crippen MR) is 82.3 cm³/mol. The highest BCUT2D eigenvalue weighted by Crippen LogP contribution is 2.47. The second-order valence-corrected chi connectivity index (χ2v) is 7.34. The number of hydrogen-bond donors (Lipinski definition) is 1. The van der Waals surface area contributed by atoms with Gasteiger partial charge in [0, 0.05) is 12.2 Å². The first-order valence-corrected chi connectivity index (χ1v) is 8.24. The largest absolute Gasteiger partial charge is 0.315 e. The van der Waals surface area contributed by atoms with E-state index in [0.29, 0.717) is 17.8 Å². The summed E-state index contributed by atoms with van der Waals surface area (Å²) in [5.41, 5.74) is 0.435. The Balaban J connectivity index is 1.56. The van der Waals surface area contributed by atoms with Crippen molar-refractivity contribution in [1.29, 1.82) is 0 Å². The number of amides is 2. The number of thioether (sulfide) groups is 1. The smallest absolute Gasteiger partial charge is 0.250 e. The van der Waals surface area contributed by atoms with Gasteiger partial charge in [0.25, 0.3) is 0 Å². The molecule has 2 fully saturated rings. The molecule has 4 heterocycles. The van der Waals surface area contributed by atoms with Crippen molar-refractivity contribution in [1.82, 2.24) is 19.5 Å². The van der Waals surface area contributed by atoms with Gasteiger partial charge >= 0.3 is 0 Å². The molecule has 1 N–H and O–H groups in total. The zero-order valence-electron chi connectivity index (χ0n) is 12.3. The number of hydrogen-bond acceptors (Lipinski definition) is 5. The Morgan fingerprint density at radius 1 is 1.52 bits per heavy atom. The summed E-state index contributed by atoms with van der Waals surface area (Å²) in [5.74, 6) is -0.0944. The number of nitrogens with zero attached hydrogens (tertiary/aromatic N) is 4. The lowest BCUT2D eigenvalue weighted by Crippen LogP contribution is -2.48. The number of pyridine rings is 1. The molecule has 2 aromatic heterocycles. The Kier molecular flexibility index (Phi) is 3.09. The van der Waals surface area contributed by atoms with Gasteiger partial charge in [-0.3, -0.25) is 14.9 Å². The predicted octanol–water partition coefficient (Wildman–Crippen LogP) is 1.26. The van der Waals surface area contributed by atoms with E-state index in [9.17, 15) is 14.0 Å². The van der Waals surface area contributed by atoms with Crippen LogP contribution in [0.4, 0.5) is 10.3 Å². The zero-order valence-corrected chi connectivity index (χ0v) is 13.1. The lowest BCUT2D eigenvalue weighted by Gasteiger charge is -2.29. The molecule has 0 spiro atoms. The third-order valence-corrected chi connectivity index (χ3v) is 5.78. The van der Waals surface area contributed by atoms with Crippen molar-refractivity contribution < 1.29 is 14.0 Å². The van der Waals surface area contributed by atoms with Crippen molar-refractivity contribution in [3.63, 3.8) is 0 Å². The number of aromatic nitrogens is 3. The standard InChI is InChI=1S/C14H14FN5O2S/c1-14-5-4-11(21)20(14)9(7-23-14)12(22)17-13-16-10-3-2-8(15)6-19(10)18-13/h2-3,6,9H,4-5,7H2,1H3,(H,17,18,22)/t9-,14-/m1/s1. The second kappa shape index (κ2) is 4.92. The van der Waals surface area contributed by atoms with Crippen LogP contribution in [0.1, 0.15) is 19.8 Å². The van der Waals surface area contributed by atoms with Crippen molar-refractivity contribution in [2.75, 3.05) is 11.1 Å². The molecule has 2 aliphatic rings. The van der Waals surface area contributed by atoms with Crippen molar-refractivity contribution in [2.24, 2.45) is 0 Å². The molecule has 23 heavy (non-hydrogen) atoms. The Morgan fingerprint density at radius 2 is 2.35 bits per heavy atom. The fourth-order valence-electron chi connectivity index (χ4n) is 3.12. The van der Waals surface area contributed by atoms with Crippen LogP contribution in [-0.4, -0.2) is 48.0 Å². The molecule has 2 saturated heterocycles. The van der Waals surface area contributed by atoms with Gasteiger partial charge in [0.15, 0.2) is 5.65 Å². The molecule has 4 rings (SSSR count). The summed E-state index contributed by atoms with van der Waals surface area (Å²) in [5, 5.41) is 6.66. The highest BCUT2D eigenvalue weighted by molar-refractivity contribution is 8.01. The van der Waals surface area contributed by atoms with Gasteiger partial charge < -0.3 is 4.90 Å². The number of nitrogens with one attached hydrogen (secondary N) is 1. The molecule has 0 aromatic carbocycles. The van der Waals surface area contributed by atoms with Crippen LogP contribution < -0.4 is 5.32 Å². The normalized spacial score (nSPS) is 26.8.